The monoisotopic (exact) mass is 285 g/mol. The summed E-state index contributed by atoms with van der Waals surface area (Å²) in [5, 5.41) is 8.69. The second-order valence-electron chi connectivity index (χ2n) is 4.93. The SMILES string of the molecule is CC(C(=O)c1ccc(F)c(F)c1)N(C)CCCCCO. The summed E-state index contributed by atoms with van der Waals surface area (Å²) < 4.78 is 26.0. The summed E-state index contributed by atoms with van der Waals surface area (Å²) in [6.07, 6.45) is 2.53. The Balaban J connectivity index is 2.58. The Kier molecular flexibility index (Phi) is 6.75. The van der Waals surface area contributed by atoms with E-state index < -0.39 is 17.7 Å². The molecule has 1 N–H and O–H groups in total. The van der Waals surface area contributed by atoms with E-state index >= 15 is 0 Å². The number of aliphatic hydroxyl groups is 1. The zero-order chi connectivity index (χ0) is 15.1. The van der Waals surface area contributed by atoms with E-state index in [0.717, 1.165) is 37.9 Å². The molecule has 3 nitrogen and oxygen atoms in total. The van der Waals surface area contributed by atoms with Gasteiger partial charge in [-0.3, -0.25) is 9.69 Å². The minimum absolute atomic E-state index is 0.174. The summed E-state index contributed by atoms with van der Waals surface area (Å²) in [6, 6.07) is 2.82. The Hall–Kier alpha value is -1.33. The van der Waals surface area contributed by atoms with Gasteiger partial charge in [0.05, 0.1) is 6.04 Å². The maximum atomic E-state index is 13.1. The molecule has 0 aliphatic heterocycles. The lowest BCUT2D eigenvalue weighted by Crippen LogP contribution is -2.36. The third kappa shape index (κ3) is 4.65. The van der Waals surface area contributed by atoms with Crippen molar-refractivity contribution in [1.29, 1.82) is 0 Å². The number of rotatable bonds is 8. The average molecular weight is 285 g/mol. The number of nitrogens with zero attached hydrogens (tertiary/aromatic N) is 1. The van der Waals surface area contributed by atoms with Crippen molar-refractivity contribution in [2.45, 2.75) is 32.2 Å². The number of carbonyl (C=O) groups is 1. The molecule has 20 heavy (non-hydrogen) atoms. The van der Waals surface area contributed by atoms with E-state index in [1.807, 2.05) is 11.9 Å². The highest BCUT2D eigenvalue weighted by Gasteiger charge is 2.20. The summed E-state index contributed by atoms with van der Waals surface area (Å²) >= 11 is 0. The van der Waals surface area contributed by atoms with Crippen molar-refractivity contribution >= 4 is 5.78 Å². The third-order valence-electron chi connectivity index (χ3n) is 3.41. The quantitative estimate of drug-likeness (QED) is 0.589. The van der Waals surface area contributed by atoms with Crippen LogP contribution in [-0.4, -0.2) is 42.0 Å². The number of hydrogen-bond donors (Lipinski definition) is 1. The van der Waals surface area contributed by atoms with Crippen LogP contribution in [0.5, 0.6) is 0 Å². The Bertz CT molecular complexity index is 451. The molecule has 1 atom stereocenters. The van der Waals surface area contributed by atoms with Gasteiger partial charge in [0.2, 0.25) is 0 Å². The summed E-state index contributed by atoms with van der Waals surface area (Å²) in [4.78, 5) is 14.0. The molecule has 1 rings (SSSR count). The van der Waals surface area contributed by atoms with Gasteiger partial charge in [-0.1, -0.05) is 0 Å². The lowest BCUT2D eigenvalue weighted by atomic mass is 10.0. The molecule has 0 bridgehead atoms. The fourth-order valence-corrected chi connectivity index (χ4v) is 1.93. The molecule has 0 fully saturated rings. The number of likely N-dealkylation sites (N-methyl/N-ethyl adjacent to an activating group) is 1. The molecule has 0 saturated heterocycles. The molecule has 5 heteroatoms. The van der Waals surface area contributed by atoms with Crippen molar-refractivity contribution in [3.63, 3.8) is 0 Å². The van der Waals surface area contributed by atoms with Crippen LogP contribution in [-0.2, 0) is 0 Å². The van der Waals surface area contributed by atoms with E-state index in [4.69, 9.17) is 5.11 Å². The molecule has 0 radical (unpaired) electrons. The zero-order valence-corrected chi connectivity index (χ0v) is 11.9. The van der Waals surface area contributed by atoms with Gasteiger partial charge in [-0.05, 0) is 58.0 Å². The predicted octanol–water partition coefficient (Wildman–Crippen LogP) is 2.63. The first-order chi connectivity index (χ1) is 9.47. The Morgan fingerprint density at radius 3 is 2.55 bits per heavy atom. The first-order valence-electron chi connectivity index (χ1n) is 6.77. The fraction of sp³-hybridized carbons (Fsp3) is 0.533. The van der Waals surface area contributed by atoms with Crippen LogP contribution >= 0.6 is 0 Å². The molecule has 0 heterocycles. The van der Waals surface area contributed by atoms with Crippen molar-refractivity contribution in [3.05, 3.63) is 35.4 Å². The first kappa shape index (κ1) is 16.7. The van der Waals surface area contributed by atoms with E-state index in [1.165, 1.54) is 6.07 Å². The summed E-state index contributed by atoms with van der Waals surface area (Å²) in [6.45, 7) is 2.64. The van der Waals surface area contributed by atoms with Crippen molar-refractivity contribution < 1.29 is 18.7 Å². The molecule has 0 aliphatic carbocycles. The maximum absolute atomic E-state index is 13.1. The van der Waals surface area contributed by atoms with Gasteiger partial charge in [-0.25, -0.2) is 8.78 Å². The van der Waals surface area contributed by atoms with E-state index in [1.54, 1.807) is 6.92 Å². The first-order valence-corrected chi connectivity index (χ1v) is 6.77. The molecule has 112 valence electrons. The zero-order valence-electron chi connectivity index (χ0n) is 11.9. The predicted molar refractivity (Wildman–Crippen MR) is 73.7 cm³/mol. The van der Waals surface area contributed by atoms with Crippen molar-refractivity contribution in [3.8, 4) is 0 Å². The van der Waals surface area contributed by atoms with Crippen molar-refractivity contribution in [1.82, 2.24) is 4.90 Å². The highest BCUT2D eigenvalue weighted by Crippen LogP contribution is 2.13. The van der Waals surface area contributed by atoms with Crippen LogP contribution in [0.4, 0.5) is 8.78 Å². The fourth-order valence-electron chi connectivity index (χ4n) is 1.93. The maximum Gasteiger partial charge on any atom is 0.179 e. The lowest BCUT2D eigenvalue weighted by molar-refractivity contribution is 0.0866. The van der Waals surface area contributed by atoms with Gasteiger partial charge in [0.25, 0.3) is 0 Å². The molecule has 0 amide bonds. The number of carbonyl (C=O) groups excluding carboxylic acids is 1. The van der Waals surface area contributed by atoms with Gasteiger partial charge in [-0.15, -0.1) is 0 Å². The van der Waals surface area contributed by atoms with Gasteiger partial charge in [0.15, 0.2) is 17.4 Å². The third-order valence-corrected chi connectivity index (χ3v) is 3.41. The number of unbranched alkanes of at least 4 members (excludes halogenated alkanes) is 2. The van der Waals surface area contributed by atoms with E-state index in [0.29, 0.717) is 0 Å². The molecule has 0 aliphatic rings. The van der Waals surface area contributed by atoms with Crippen molar-refractivity contribution in [2.75, 3.05) is 20.2 Å². The standard InChI is InChI=1S/C15H21F2NO2/c1-11(18(2)8-4-3-5-9-19)15(20)12-6-7-13(16)14(17)10-12/h6-7,10-11,19H,3-5,8-9H2,1-2H3. The van der Waals surface area contributed by atoms with E-state index in [9.17, 15) is 13.6 Å². The Morgan fingerprint density at radius 2 is 1.95 bits per heavy atom. The molecular formula is C15H21F2NO2. The molecule has 0 spiro atoms. The second-order valence-corrected chi connectivity index (χ2v) is 4.93. The highest BCUT2D eigenvalue weighted by atomic mass is 19.2. The minimum atomic E-state index is -1.01. The smallest absolute Gasteiger partial charge is 0.179 e. The Labute approximate surface area is 118 Å². The summed E-state index contributed by atoms with van der Waals surface area (Å²) in [5.74, 6) is -2.19. The molecule has 1 aromatic rings. The normalized spacial score (nSPS) is 12.7. The average Bonchev–Trinajstić information content (AvgIpc) is 2.44. The molecular weight excluding hydrogens is 264 g/mol. The number of benzene rings is 1. The second kappa shape index (κ2) is 8.07. The highest BCUT2D eigenvalue weighted by molar-refractivity contribution is 5.99. The van der Waals surface area contributed by atoms with Gasteiger partial charge < -0.3 is 5.11 Å². The number of hydrogen-bond acceptors (Lipinski definition) is 3. The van der Waals surface area contributed by atoms with Crippen LogP contribution in [0.1, 0.15) is 36.5 Å². The van der Waals surface area contributed by atoms with E-state index in [-0.39, 0.29) is 18.0 Å². The van der Waals surface area contributed by atoms with Crippen LogP contribution in [0, 0.1) is 11.6 Å². The molecule has 1 aromatic carbocycles. The number of halogens is 2. The number of Topliss-reactive ketones (excluding diaryl/α,β-unsaturated/α-hetero) is 1. The molecule has 0 aromatic heterocycles. The number of ketones is 1. The van der Waals surface area contributed by atoms with Gasteiger partial charge >= 0.3 is 0 Å². The van der Waals surface area contributed by atoms with Crippen molar-refractivity contribution in [2.24, 2.45) is 0 Å². The van der Waals surface area contributed by atoms with Gasteiger partial charge in [0.1, 0.15) is 0 Å². The summed E-state index contributed by atoms with van der Waals surface area (Å²) in [5.41, 5.74) is 0.179. The Morgan fingerprint density at radius 1 is 1.25 bits per heavy atom. The lowest BCUT2D eigenvalue weighted by Gasteiger charge is -2.23. The van der Waals surface area contributed by atoms with Gasteiger partial charge in [0, 0.05) is 12.2 Å². The molecule has 1 unspecified atom stereocenters. The van der Waals surface area contributed by atoms with Crippen LogP contribution in [0.25, 0.3) is 0 Å². The van der Waals surface area contributed by atoms with E-state index in [2.05, 4.69) is 0 Å². The largest absolute Gasteiger partial charge is 0.396 e. The van der Waals surface area contributed by atoms with Gasteiger partial charge in [-0.2, -0.15) is 0 Å². The van der Waals surface area contributed by atoms with Crippen LogP contribution in [0.3, 0.4) is 0 Å². The molecule has 0 saturated carbocycles. The van der Waals surface area contributed by atoms with Crippen LogP contribution in [0.2, 0.25) is 0 Å². The topological polar surface area (TPSA) is 40.5 Å². The van der Waals surface area contributed by atoms with Crippen LogP contribution < -0.4 is 0 Å². The van der Waals surface area contributed by atoms with Crippen LogP contribution in [0.15, 0.2) is 18.2 Å². The minimum Gasteiger partial charge on any atom is -0.396 e. The number of aliphatic hydroxyl groups excluding tert-OH is 1. The summed E-state index contributed by atoms with van der Waals surface area (Å²) in [7, 11) is 1.82.